The van der Waals surface area contributed by atoms with E-state index < -0.39 is 0 Å². The van der Waals surface area contributed by atoms with Crippen LogP contribution in [0.15, 0.2) is 41.7 Å². The van der Waals surface area contributed by atoms with Crippen molar-refractivity contribution in [3.8, 4) is 0 Å². The lowest BCUT2D eigenvalue weighted by Gasteiger charge is -2.33. The van der Waals surface area contributed by atoms with Gasteiger partial charge in [0.1, 0.15) is 0 Å². The second-order valence-corrected chi connectivity index (χ2v) is 9.13. The molecule has 2 saturated heterocycles. The lowest BCUT2D eigenvalue weighted by atomic mass is 10.0. The minimum atomic E-state index is 0.533. The summed E-state index contributed by atoms with van der Waals surface area (Å²) in [6.45, 7) is 10.4. The normalized spacial score (nSPS) is 22.8. The molecule has 0 aliphatic carbocycles. The maximum atomic E-state index is 5.06. The first-order valence-corrected chi connectivity index (χ1v) is 12.0. The van der Waals surface area contributed by atoms with Gasteiger partial charge in [-0.2, -0.15) is 5.10 Å². The number of aromatic nitrogens is 2. The largest absolute Gasteiger partial charge is 0.357 e. The van der Waals surface area contributed by atoms with E-state index in [2.05, 4.69) is 64.5 Å². The minimum Gasteiger partial charge on any atom is -0.357 e. The Hall–Kier alpha value is -2.34. The molecular formula is C25H38N6. The Morgan fingerprint density at radius 3 is 2.74 bits per heavy atom. The third kappa shape index (κ3) is 5.48. The SMILES string of the molecule is CCNC(=NCc1ccccc1CN1CCCCC1C)N1CCC(c2cnn(C)c2)C1. The molecule has 6 nitrogen and oxygen atoms in total. The van der Waals surface area contributed by atoms with E-state index in [0.29, 0.717) is 12.0 Å². The number of rotatable bonds is 6. The van der Waals surface area contributed by atoms with Crippen LogP contribution in [-0.2, 0) is 20.1 Å². The summed E-state index contributed by atoms with van der Waals surface area (Å²) in [5.41, 5.74) is 4.10. The molecule has 0 radical (unpaired) electrons. The average Bonchev–Trinajstić information content (AvgIpc) is 3.43. The summed E-state index contributed by atoms with van der Waals surface area (Å²) in [5, 5.41) is 7.88. The van der Waals surface area contributed by atoms with E-state index in [1.807, 2.05) is 17.9 Å². The molecule has 2 unspecified atom stereocenters. The highest BCUT2D eigenvalue weighted by Crippen LogP contribution is 2.27. The van der Waals surface area contributed by atoms with E-state index in [9.17, 15) is 0 Å². The van der Waals surface area contributed by atoms with Gasteiger partial charge >= 0.3 is 0 Å². The highest BCUT2D eigenvalue weighted by atomic mass is 15.3. The van der Waals surface area contributed by atoms with Crippen molar-refractivity contribution in [3.05, 3.63) is 53.3 Å². The first-order valence-electron chi connectivity index (χ1n) is 12.0. The molecule has 3 heterocycles. The molecule has 168 valence electrons. The molecule has 1 N–H and O–H groups in total. The zero-order valence-corrected chi connectivity index (χ0v) is 19.4. The molecule has 2 aromatic rings. The smallest absolute Gasteiger partial charge is 0.194 e. The van der Waals surface area contributed by atoms with Gasteiger partial charge < -0.3 is 10.2 Å². The van der Waals surface area contributed by atoms with Crippen LogP contribution in [-0.4, -0.2) is 57.8 Å². The molecule has 6 heteroatoms. The van der Waals surface area contributed by atoms with E-state index in [4.69, 9.17) is 4.99 Å². The summed E-state index contributed by atoms with van der Waals surface area (Å²) in [6.07, 6.45) is 9.32. The van der Waals surface area contributed by atoms with Gasteiger partial charge in [-0.05, 0) is 56.3 Å². The van der Waals surface area contributed by atoms with Crippen molar-refractivity contribution in [2.45, 2.75) is 64.6 Å². The van der Waals surface area contributed by atoms with Gasteiger partial charge in [-0.1, -0.05) is 30.7 Å². The first-order chi connectivity index (χ1) is 15.1. The third-order valence-corrected chi connectivity index (χ3v) is 6.85. The molecule has 4 rings (SSSR count). The summed E-state index contributed by atoms with van der Waals surface area (Å²) < 4.78 is 1.90. The number of hydrogen-bond acceptors (Lipinski definition) is 3. The number of aliphatic imine (C=N–C) groups is 1. The zero-order chi connectivity index (χ0) is 21.6. The van der Waals surface area contributed by atoms with Crippen molar-refractivity contribution < 1.29 is 0 Å². The fourth-order valence-electron chi connectivity index (χ4n) is 4.94. The van der Waals surface area contributed by atoms with E-state index in [-0.39, 0.29) is 0 Å². The number of piperidine rings is 1. The van der Waals surface area contributed by atoms with Crippen LogP contribution in [0.5, 0.6) is 0 Å². The maximum absolute atomic E-state index is 5.06. The summed E-state index contributed by atoms with van der Waals surface area (Å²) >= 11 is 0. The van der Waals surface area contributed by atoms with Gasteiger partial charge in [-0.3, -0.25) is 9.58 Å². The third-order valence-electron chi connectivity index (χ3n) is 6.85. The summed E-state index contributed by atoms with van der Waals surface area (Å²) in [4.78, 5) is 10.1. The second kappa shape index (κ2) is 10.3. The molecule has 0 bridgehead atoms. The van der Waals surface area contributed by atoms with Gasteiger partial charge in [-0.15, -0.1) is 0 Å². The van der Waals surface area contributed by atoms with E-state index in [1.54, 1.807) is 0 Å². The number of guanidine groups is 1. The molecule has 0 saturated carbocycles. The topological polar surface area (TPSA) is 48.7 Å². The second-order valence-electron chi connectivity index (χ2n) is 9.13. The van der Waals surface area contributed by atoms with Gasteiger partial charge in [0.2, 0.25) is 0 Å². The van der Waals surface area contributed by atoms with Gasteiger partial charge in [0.25, 0.3) is 0 Å². The Labute approximate surface area is 187 Å². The van der Waals surface area contributed by atoms with Crippen LogP contribution in [0.3, 0.4) is 0 Å². The highest BCUT2D eigenvalue weighted by Gasteiger charge is 2.27. The Morgan fingerprint density at radius 2 is 2.00 bits per heavy atom. The van der Waals surface area contributed by atoms with Gasteiger partial charge in [0, 0.05) is 51.4 Å². The summed E-state index contributed by atoms with van der Waals surface area (Å²) in [7, 11) is 1.99. The maximum Gasteiger partial charge on any atom is 0.194 e. The van der Waals surface area contributed by atoms with Crippen LogP contribution >= 0.6 is 0 Å². The molecule has 0 amide bonds. The molecule has 1 aromatic heterocycles. The monoisotopic (exact) mass is 422 g/mol. The Morgan fingerprint density at radius 1 is 1.16 bits per heavy atom. The number of hydrogen-bond donors (Lipinski definition) is 1. The fraction of sp³-hybridized carbons (Fsp3) is 0.600. The van der Waals surface area contributed by atoms with Gasteiger partial charge in [0.15, 0.2) is 5.96 Å². The molecule has 1 aromatic carbocycles. The lowest BCUT2D eigenvalue weighted by Crippen LogP contribution is -2.40. The average molecular weight is 423 g/mol. The number of nitrogens with one attached hydrogen (secondary N) is 1. The zero-order valence-electron chi connectivity index (χ0n) is 19.4. The summed E-state index contributed by atoms with van der Waals surface area (Å²) in [5.74, 6) is 1.57. The van der Waals surface area contributed by atoms with E-state index >= 15 is 0 Å². The van der Waals surface area contributed by atoms with E-state index in [0.717, 1.165) is 45.1 Å². The first kappa shape index (κ1) is 21.9. The van der Waals surface area contributed by atoms with Crippen molar-refractivity contribution >= 4 is 5.96 Å². The van der Waals surface area contributed by atoms with E-state index in [1.165, 1.54) is 42.5 Å². The van der Waals surface area contributed by atoms with Crippen molar-refractivity contribution in [2.24, 2.45) is 12.0 Å². The van der Waals surface area contributed by atoms with Crippen LogP contribution in [0.2, 0.25) is 0 Å². The Bertz CT molecular complexity index is 872. The quantitative estimate of drug-likeness (QED) is 0.569. The number of aryl methyl sites for hydroxylation is 1. The number of likely N-dealkylation sites (tertiary alicyclic amines) is 2. The molecular weight excluding hydrogens is 384 g/mol. The molecule has 2 atom stereocenters. The predicted molar refractivity (Wildman–Crippen MR) is 127 cm³/mol. The number of benzene rings is 1. The van der Waals surface area contributed by atoms with Crippen molar-refractivity contribution in [1.29, 1.82) is 0 Å². The molecule has 2 fully saturated rings. The van der Waals surface area contributed by atoms with Crippen LogP contribution < -0.4 is 5.32 Å². The Kier molecular flexibility index (Phi) is 7.28. The molecule has 2 aliphatic heterocycles. The van der Waals surface area contributed by atoms with Crippen molar-refractivity contribution in [3.63, 3.8) is 0 Å². The predicted octanol–water partition coefficient (Wildman–Crippen LogP) is 3.75. The standard InChI is InChI=1S/C25H38N6/c1-4-26-25(31-14-12-23(19-31)24-16-28-29(3)17-24)27-15-21-10-5-6-11-22(21)18-30-13-8-7-9-20(30)2/h5-6,10-11,16-17,20,23H,4,7-9,12-15,18-19H2,1-3H3,(H,26,27). The lowest BCUT2D eigenvalue weighted by molar-refractivity contribution is 0.152. The van der Waals surface area contributed by atoms with Gasteiger partial charge in [-0.25, -0.2) is 4.99 Å². The molecule has 2 aliphatic rings. The molecule has 31 heavy (non-hydrogen) atoms. The summed E-state index contributed by atoms with van der Waals surface area (Å²) in [6, 6.07) is 9.53. The van der Waals surface area contributed by atoms with Crippen molar-refractivity contribution in [2.75, 3.05) is 26.2 Å². The fourth-order valence-corrected chi connectivity index (χ4v) is 4.94. The van der Waals surface area contributed by atoms with Crippen LogP contribution in [0.1, 0.15) is 62.1 Å². The Balaban J connectivity index is 1.44. The van der Waals surface area contributed by atoms with Gasteiger partial charge in [0.05, 0.1) is 12.7 Å². The van der Waals surface area contributed by atoms with Crippen LogP contribution in [0, 0.1) is 0 Å². The van der Waals surface area contributed by atoms with Crippen LogP contribution in [0.4, 0.5) is 0 Å². The number of nitrogens with zero attached hydrogens (tertiary/aromatic N) is 5. The minimum absolute atomic E-state index is 0.533. The highest BCUT2D eigenvalue weighted by molar-refractivity contribution is 5.80. The molecule has 0 spiro atoms. The van der Waals surface area contributed by atoms with Crippen molar-refractivity contribution in [1.82, 2.24) is 24.9 Å². The van der Waals surface area contributed by atoms with Crippen LogP contribution in [0.25, 0.3) is 0 Å².